The monoisotopic (exact) mass is 262 g/mol. The molecule has 1 N–H and O–H groups in total. The van der Waals surface area contributed by atoms with Gasteiger partial charge in [0.2, 0.25) is 5.88 Å². The van der Waals surface area contributed by atoms with Crippen molar-refractivity contribution in [2.45, 2.75) is 19.3 Å². The van der Waals surface area contributed by atoms with Gasteiger partial charge in [-0.1, -0.05) is 6.42 Å². The molecule has 6 nitrogen and oxygen atoms in total. The number of anilines is 1. The van der Waals surface area contributed by atoms with Gasteiger partial charge in [0.25, 0.3) is 0 Å². The minimum atomic E-state index is -0.0739. The van der Waals surface area contributed by atoms with E-state index >= 15 is 0 Å². The number of methoxy groups -OCH3 is 1. The first kappa shape index (κ1) is 12.2. The summed E-state index contributed by atoms with van der Waals surface area (Å²) in [5.41, 5.74) is 0. The van der Waals surface area contributed by atoms with Crippen LogP contribution in [0, 0.1) is 11.8 Å². The topological polar surface area (TPSA) is 67.3 Å². The number of carbonyl (C=O) groups excluding carboxylic acids is 1. The molecule has 1 aromatic rings. The van der Waals surface area contributed by atoms with E-state index in [2.05, 4.69) is 15.3 Å². The van der Waals surface area contributed by atoms with Crippen LogP contribution in [0.3, 0.4) is 0 Å². The van der Waals surface area contributed by atoms with Gasteiger partial charge in [0.1, 0.15) is 12.1 Å². The minimum absolute atomic E-state index is 0.0739. The number of hydrogen-bond acceptors (Lipinski definition) is 4. The lowest BCUT2D eigenvalue weighted by atomic mass is 10.0. The Hall–Kier alpha value is -1.85. The van der Waals surface area contributed by atoms with Crippen molar-refractivity contribution in [3.05, 3.63) is 12.4 Å². The lowest BCUT2D eigenvalue weighted by Gasteiger charge is -2.17. The van der Waals surface area contributed by atoms with E-state index in [0.29, 0.717) is 23.5 Å². The zero-order valence-corrected chi connectivity index (χ0v) is 11.0. The van der Waals surface area contributed by atoms with Crippen LogP contribution in [0.5, 0.6) is 5.88 Å². The van der Waals surface area contributed by atoms with Gasteiger partial charge >= 0.3 is 6.03 Å². The average molecular weight is 262 g/mol. The summed E-state index contributed by atoms with van der Waals surface area (Å²) in [6.07, 6.45) is 5.21. The van der Waals surface area contributed by atoms with Crippen LogP contribution in [0.25, 0.3) is 0 Å². The molecule has 3 rings (SSSR count). The number of amides is 2. The van der Waals surface area contributed by atoms with Crippen LogP contribution >= 0.6 is 0 Å². The molecule has 1 aliphatic heterocycles. The van der Waals surface area contributed by atoms with Crippen LogP contribution < -0.4 is 10.1 Å². The van der Waals surface area contributed by atoms with Gasteiger partial charge < -0.3 is 9.64 Å². The second-order valence-electron chi connectivity index (χ2n) is 5.23. The Morgan fingerprint density at radius 3 is 2.79 bits per heavy atom. The number of urea groups is 1. The molecule has 1 aliphatic carbocycles. The SMILES string of the molecule is COc1cc(NC(=O)N2C[C@H]3CCC[C@H]3C2)ncn1. The Balaban J connectivity index is 1.62. The highest BCUT2D eigenvalue weighted by atomic mass is 16.5. The maximum Gasteiger partial charge on any atom is 0.323 e. The quantitative estimate of drug-likeness (QED) is 0.881. The van der Waals surface area contributed by atoms with Gasteiger partial charge in [-0.2, -0.15) is 0 Å². The summed E-state index contributed by atoms with van der Waals surface area (Å²) in [5.74, 6) is 2.33. The second kappa shape index (κ2) is 5.03. The number of ether oxygens (including phenoxy) is 1. The summed E-state index contributed by atoms with van der Waals surface area (Å²) < 4.78 is 5.01. The van der Waals surface area contributed by atoms with Crippen LogP contribution in [0.2, 0.25) is 0 Å². The zero-order valence-electron chi connectivity index (χ0n) is 11.0. The van der Waals surface area contributed by atoms with Gasteiger partial charge in [-0.05, 0) is 24.7 Å². The number of nitrogens with one attached hydrogen (secondary N) is 1. The highest BCUT2D eigenvalue weighted by Gasteiger charge is 2.38. The van der Waals surface area contributed by atoms with Crippen LogP contribution in [0.1, 0.15) is 19.3 Å². The lowest BCUT2D eigenvalue weighted by Crippen LogP contribution is -2.33. The van der Waals surface area contributed by atoms with Gasteiger partial charge in [-0.15, -0.1) is 0 Å². The third kappa shape index (κ3) is 2.47. The van der Waals surface area contributed by atoms with Crippen molar-refractivity contribution in [1.29, 1.82) is 0 Å². The second-order valence-corrected chi connectivity index (χ2v) is 5.23. The molecule has 1 saturated carbocycles. The first-order valence-electron chi connectivity index (χ1n) is 6.68. The number of hydrogen-bond donors (Lipinski definition) is 1. The van der Waals surface area contributed by atoms with Gasteiger partial charge in [0.05, 0.1) is 7.11 Å². The van der Waals surface area contributed by atoms with Crippen molar-refractivity contribution in [3.63, 3.8) is 0 Å². The van der Waals surface area contributed by atoms with E-state index in [9.17, 15) is 4.79 Å². The highest BCUT2D eigenvalue weighted by Crippen LogP contribution is 2.37. The Labute approximate surface area is 112 Å². The van der Waals surface area contributed by atoms with Crippen molar-refractivity contribution in [1.82, 2.24) is 14.9 Å². The molecule has 2 amide bonds. The largest absolute Gasteiger partial charge is 0.481 e. The van der Waals surface area contributed by atoms with E-state index in [1.807, 2.05) is 4.90 Å². The molecule has 19 heavy (non-hydrogen) atoms. The fraction of sp³-hybridized carbons (Fsp3) is 0.615. The Kier molecular flexibility index (Phi) is 3.23. The smallest absolute Gasteiger partial charge is 0.323 e. The Morgan fingerprint density at radius 2 is 2.11 bits per heavy atom. The molecule has 1 aromatic heterocycles. The van der Waals surface area contributed by atoms with Gasteiger partial charge in [0.15, 0.2) is 0 Å². The first-order chi connectivity index (χ1) is 9.26. The van der Waals surface area contributed by atoms with Crippen LogP contribution in [0.15, 0.2) is 12.4 Å². The lowest BCUT2D eigenvalue weighted by molar-refractivity contribution is 0.218. The van der Waals surface area contributed by atoms with Crippen LogP contribution in [-0.4, -0.2) is 41.1 Å². The number of likely N-dealkylation sites (tertiary alicyclic amines) is 1. The van der Waals surface area contributed by atoms with E-state index in [-0.39, 0.29) is 6.03 Å². The standard InChI is InChI=1S/C13H18N4O2/c1-19-12-5-11(14-8-15-12)16-13(18)17-6-9-3-2-4-10(9)7-17/h5,8-10H,2-4,6-7H2,1H3,(H,14,15,16,18)/t9-,10+. The van der Waals surface area contributed by atoms with Gasteiger partial charge in [-0.3, -0.25) is 5.32 Å². The minimum Gasteiger partial charge on any atom is -0.481 e. The van der Waals surface area contributed by atoms with E-state index in [0.717, 1.165) is 13.1 Å². The number of nitrogens with zero attached hydrogens (tertiary/aromatic N) is 3. The van der Waals surface area contributed by atoms with Crippen molar-refractivity contribution in [3.8, 4) is 5.88 Å². The fourth-order valence-corrected chi connectivity index (χ4v) is 3.11. The molecule has 0 radical (unpaired) electrons. The summed E-state index contributed by atoms with van der Waals surface area (Å²) in [7, 11) is 1.54. The van der Waals surface area contributed by atoms with E-state index in [1.54, 1.807) is 6.07 Å². The maximum absolute atomic E-state index is 12.2. The predicted molar refractivity (Wildman–Crippen MR) is 70.0 cm³/mol. The highest BCUT2D eigenvalue weighted by molar-refractivity contribution is 5.88. The summed E-state index contributed by atoms with van der Waals surface area (Å²) >= 11 is 0. The molecule has 2 heterocycles. The number of carbonyl (C=O) groups is 1. The summed E-state index contributed by atoms with van der Waals surface area (Å²) in [4.78, 5) is 22.0. The van der Waals surface area contributed by atoms with Crippen molar-refractivity contribution in [2.75, 3.05) is 25.5 Å². The van der Waals surface area contributed by atoms with E-state index in [4.69, 9.17) is 4.74 Å². The van der Waals surface area contributed by atoms with Crippen molar-refractivity contribution in [2.24, 2.45) is 11.8 Å². The molecule has 0 spiro atoms. The summed E-state index contributed by atoms with van der Waals surface area (Å²) in [5, 5.41) is 2.80. The maximum atomic E-state index is 12.2. The first-order valence-corrected chi connectivity index (χ1v) is 6.68. The Bertz CT molecular complexity index is 467. The normalized spacial score (nSPS) is 25.2. The molecule has 2 aliphatic rings. The van der Waals surface area contributed by atoms with Crippen LogP contribution in [-0.2, 0) is 0 Å². The predicted octanol–water partition coefficient (Wildman–Crippen LogP) is 1.75. The van der Waals surface area contributed by atoms with Crippen LogP contribution in [0.4, 0.5) is 10.6 Å². The van der Waals surface area contributed by atoms with Crippen molar-refractivity contribution < 1.29 is 9.53 Å². The molecule has 1 saturated heterocycles. The number of fused-ring (bicyclic) bond motifs is 1. The molecule has 2 atom stereocenters. The molecule has 102 valence electrons. The molecule has 0 bridgehead atoms. The zero-order chi connectivity index (χ0) is 13.2. The molecular formula is C13H18N4O2. The summed E-state index contributed by atoms with van der Waals surface area (Å²) in [6.45, 7) is 1.75. The number of aromatic nitrogens is 2. The summed E-state index contributed by atoms with van der Waals surface area (Å²) in [6, 6.07) is 1.55. The van der Waals surface area contributed by atoms with Gasteiger partial charge in [0, 0.05) is 19.2 Å². The molecule has 6 heteroatoms. The fourth-order valence-electron chi connectivity index (χ4n) is 3.11. The average Bonchev–Trinajstić information content (AvgIpc) is 2.99. The molecular weight excluding hydrogens is 244 g/mol. The van der Waals surface area contributed by atoms with Gasteiger partial charge in [-0.25, -0.2) is 14.8 Å². The number of rotatable bonds is 2. The van der Waals surface area contributed by atoms with Crippen molar-refractivity contribution >= 4 is 11.8 Å². The molecule has 2 fully saturated rings. The Morgan fingerprint density at radius 1 is 1.37 bits per heavy atom. The van der Waals surface area contributed by atoms with E-state index < -0.39 is 0 Å². The molecule has 0 aromatic carbocycles. The third-order valence-electron chi connectivity index (χ3n) is 4.10. The van der Waals surface area contributed by atoms with E-state index in [1.165, 1.54) is 32.7 Å². The molecule has 0 unspecified atom stereocenters. The third-order valence-corrected chi connectivity index (χ3v) is 4.10.